The highest BCUT2D eigenvalue weighted by Gasteiger charge is 2.23. The summed E-state index contributed by atoms with van der Waals surface area (Å²) >= 11 is 0. The van der Waals surface area contributed by atoms with Gasteiger partial charge in [0.2, 0.25) is 5.89 Å². The Labute approximate surface area is 107 Å². The average molecular weight is 251 g/mol. The molecule has 1 aromatic heterocycles. The molecule has 0 spiro atoms. The summed E-state index contributed by atoms with van der Waals surface area (Å²) in [5.74, 6) is 0.477. The van der Waals surface area contributed by atoms with Crippen LogP contribution in [0.5, 0.6) is 0 Å². The van der Waals surface area contributed by atoms with Crippen LogP contribution in [-0.4, -0.2) is 23.5 Å². The number of rotatable bonds is 5. The molecule has 2 heterocycles. The van der Waals surface area contributed by atoms with Gasteiger partial charge in [-0.15, -0.1) is 0 Å². The summed E-state index contributed by atoms with van der Waals surface area (Å²) in [6.45, 7) is 5.09. The van der Waals surface area contributed by atoms with Gasteiger partial charge in [-0.2, -0.15) is 0 Å². The van der Waals surface area contributed by atoms with Crippen molar-refractivity contribution in [3.8, 4) is 0 Å². The van der Waals surface area contributed by atoms with Crippen molar-refractivity contribution in [3.05, 3.63) is 17.8 Å². The van der Waals surface area contributed by atoms with Gasteiger partial charge in [0.25, 0.3) is 5.91 Å². The summed E-state index contributed by atoms with van der Waals surface area (Å²) in [4.78, 5) is 16.2. The Bertz CT molecular complexity index is 397. The molecule has 100 valence electrons. The zero-order chi connectivity index (χ0) is 13.0. The monoisotopic (exact) mass is 251 g/mol. The lowest BCUT2D eigenvalue weighted by Gasteiger charge is -2.10. The smallest absolute Gasteiger partial charge is 0.273 e. The summed E-state index contributed by atoms with van der Waals surface area (Å²) < 4.78 is 5.38. The van der Waals surface area contributed by atoms with Crippen molar-refractivity contribution in [2.24, 2.45) is 0 Å². The molecular formula is C13H21N3O2. The molecule has 2 rings (SSSR count). The van der Waals surface area contributed by atoms with Crippen molar-refractivity contribution in [2.45, 2.75) is 51.6 Å². The second kappa shape index (κ2) is 6.00. The molecule has 1 aliphatic rings. The fourth-order valence-electron chi connectivity index (χ4n) is 2.25. The molecule has 0 bridgehead atoms. The lowest BCUT2D eigenvalue weighted by atomic mass is 10.2. The van der Waals surface area contributed by atoms with Crippen molar-refractivity contribution < 1.29 is 9.21 Å². The van der Waals surface area contributed by atoms with Crippen LogP contribution in [0.15, 0.2) is 10.7 Å². The molecule has 1 amide bonds. The molecule has 0 radical (unpaired) electrons. The number of hydrogen-bond donors (Lipinski definition) is 2. The van der Waals surface area contributed by atoms with Gasteiger partial charge in [0, 0.05) is 6.04 Å². The molecule has 1 aliphatic heterocycles. The molecule has 2 atom stereocenters. The predicted octanol–water partition coefficient (Wildman–Crippen LogP) is 2.02. The van der Waals surface area contributed by atoms with E-state index in [1.165, 1.54) is 6.26 Å². The first kappa shape index (κ1) is 13.1. The van der Waals surface area contributed by atoms with Gasteiger partial charge in [-0.25, -0.2) is 4.98 Å². The zero-order valence-corrected chi connectivity index (χ0v) is 11.0. The van der Waals surface area contributed by atoms with Crippen LogP contribution in [0, 0.1) is 0 Å². The minimum atomic E-state index is -0.149. The van der Waals surface area contributed by atoms with E-state index in [1.54, 1.807) is 0 Å². The van der Waals surface area contributed by atoms with Gasteiger partial charge in [-0.3, -0.25) is 4.79 Å². The molecule has 0 saturated carbocycles. The number of nitrogens with zero attached hydrogens (tertiary/aromatic N) is 1. The molecule has 2 N–H and O–H groups in total. The Kier molecular flexibility index (Phi) is 4.36. The highest BCUT2D eigenvalue weighted by Crippen LogP contribution is 2.22. The Balaban J connectivity index is 1.94. The Morgan fingerprint density at radius 2 is 2.56 bits per heavy atom. The number of nitrogens with one attached hydrogen (secondary N) is 2. The van der Waals surface area contributed by atoms with Gasteiger partial charge in [-0.05, 0) is 32.7 Å². The standard InChI is InChI=1S/C13H21N3O2/c1-3-5-9(2)15-12(17)11-8-18-13(16-11)10-6-4-7-14-10/h8-10,14H,3-7H2,1-2H3,(H,15,17). The second-order valence-corrected chi connectivity index (χ2v) is 4.88. The molecule has 0 aromatic carbocycles. The molecule has 18 heavy (non-hydrogen) atoms. The van der Waals surface area contributed by atoms with Crippen LogP contribution in [0.1, 0.15) is 62.0 Å². The number of amides is 1. The maximum absolute atomic E-state index is 11.9. The van der Waals surface area contributed by atoms with Crippen molar-refractivity contribution in [2.75, 3.05) is 6.54 Å². The zero-order valence-electron chi connectivity index (χ0n) is 11.0. The summed E-state index contributed by atoms with van der Waals surface area (Å²) in [5.41, 5.74) is 0.377. The van der Waals surface area contributed by atoms with Gasteiger partial charge in [-0.1, -0.05) is 13.3 Å². The minimum absolute atomic E-state index is 0.149. The third-order valence-electron chi connectivity index (χ3n) is 3.21. The van der Waals surface area contributed by atoms with Gasteiger partial charge in [0.05, 0.1) is 6.04 Å². The number of aromatic nitrogens is 1. The van der Waals surface area contributed by atoms with Gasteiger partial charge < -0.3 is 15.1 Å². The maximum Gasteiger partial charge on any atom is 0.273 e. The molecule has 5 heteroatoms. The molecular weight excluding hydrogens is 230 g/mol. The molecule has 1 saturated heterocycles. The van der Waals surface area contributed by atoms with Crippen LogP contribution < -0.4 is 10.6 Å². The van der Waals surface area contributed by atoms with Crippen LogP contribution in [0.25, 0.3) is 0 Å². The highest BCUT2D eigenvalue weighted by atomic mass is 16.3. The van der Waals surface area contributed by atoms with Crippen molar-refractivity contribution >= 4 is 5.91 Å². The van der Waals surface area contributed by atoms with Crippen LogP contribution in [0.2, 0.25) is 0 Å². The first-order chi connectivity index (χ1) is 8.70. The van der Waals surface area contributed by atoms with Crippen LogP contribution in [0.4, 0.5) is 0 Å². The van der Waals surface area contributed by atoms with Crippen molar-refractivity contribution in [3.63, 3.8) is 0 Å². The van der Waals surface area contributed by atoms with E-state index in [0.29, 0.717) is 11.6 Å². The van der Waals surface area contributed by atoms with E-state index in [0.717, 1.165) is 32.2 Å². The van der Waals surface area contributed by atoms with Crippen molar-refractivity contribution in [1.29, 1.82) is 0 Å². The van der Waals surface area contributed by atoms with Gasteiger partial charge in [0.15, 0.2) is 5.69 Å². The molecule has 5 nitrogen and oxygen atoms in total. The summed E-state index contributed by atoms with van der Waals surface area (Å²) in [5, 5.41) is 6.22. The van der Waals surface area contributed by atoms with E-state index in [2.05, 4.69) is 22.5 Å². The number of carbonyl (C=O) groups excluding carboxylic acids is 1. The Morgan fingerprint density at radius 1 is 1.72 bits per heavy atom. The fraction of sp³-hybridized carbons (Fsp3) is 0.692. The topological polar surface area (TPSA) is 67.2 Å². The molecule has 1 aromatic rings. The Hall–Kier alpha value is -1.36. The first-order valence-corrected chi connectivity index (χ1v) is 6.70. The largest absolute Gasteiger partial charge is 0.446 e. The highest BCUT2D eigenvalue weighted by molar-refractivity contribution is 5.92. The van der Waals surface area contributed by atoms with Crippen LogP contribution >= 0.6 is 0 Å². The van der Waals surface area contributed by atoms with Gasteiger partial charge >= 0.3 is 0 Å². The van der Waals surface area contributed by atoms with Crippen LogP contribution in [-0.2, 0) is 0 Å². The van der Waals surface area contributed by atoms with E-state index in [-0.39, 0.29) is 18.0 Å². The Morgan fingerprint density at radius 3 is 3.22 bits per heavy atom. The van der Waals surface area contributed by atoms with E-state index in [4.69, 9.17) is 4.42 Å². The molecule has 2 unspecified atom stereocenters. The fourth-order valence-corrected chi connectivity index (χ4v) is 2.25. The quantitative estimate of drug-likeness (QED) is 0.840. The first-order valence-electron chi connectivity index (χ1n) is 6.70. The molecule has 1 fully saturated rings. The SMILES string of the molecule is CCCC(C)NC(=O)c1coc(C2CCCN2)n1. The number of hydrogen-bond acceptors (Lipinski definition) is 4. The summed E-state index contributed by atoms with van der Waals surface area (Å²) in [6, 6.07) is 0.340. The van der Waals surface area contributed by atoms with Crippen LogP contribution in [0.3, 0.4) is 0 Å². The average Bonchev–Trinajstić information content (AvgIpc) is 3.00. The third-order valence-corrected chi connectivity index (χ3v) is 3.21. The minimum Gasteiger partial charge on any atom is -0.446 e. The van der Waals surface area contributed by atoms with Crippen molar-refractivity contribution in [1.82, 2.24) is 15.6 Å². The number of carbonyl (C=O) groups is 1. The third kappa shape index (κ3) is 3.10. The molecule has 0 aliphatic carbocycles. The summed E-state index contributed by atoms with van der Waals surface area (Å²) in [6.07, 6.45) is 5.62. The van der Waals surface area contributed by atoms with Gasteiger partial charge in [0.1, 0.15) is 6.26 Å². The van der Waals surface area contributed by atoms with E-state index < -0.39 is 0 Å². The van der Waals surface area contributed by atoms with E-state index >= 15 is 0 Å². The second-order valence-electron chi connectivity index (χ2n) is 4.88. The lowest BCUT2D eigenvalue weighted by Crippen LogP contribution is -2.32. The maximum atomic E-state index is 11.9. The lowest BCUT2D eigenvalue weighted by molar-refractivity contribution is 0.0933. The van der Waals surface area contributed by atoms with E-state index in [1.807, 2.05) is 6.92 Å². The summed E-state index contributed by atoms with van der Waals surface area (Å²) in [7, 11) is 0. The van der Waals surface area contributed by atoms with E-state index in [9.17, 15) is 4.79 Å². The normalized spacial score (nSPS) is 20.9. The number of oxazole rings is 1. The predicted molar refractivity (Wildman–Crippen MR) is 68.3 cm³/mol.